The highest BCUT2D eigenvalue weighted by Gasteiger charge is 2.22. The van der Waals surface area contributed by atoms with Crippen molar-refractivity contribution in [1.82, 2.24) is 0 Å². The molecule has 0 amide bonds. The molecule has 0 aromatic heterocycles. The lowest BCUT2D eigenvalue weighted by molar-refractivity contribution is 0.0218. The summed E-state index contributed by atoms with van der Waals surface area (Å²) in [7, 11) is 0. The van der Waals surface area contributed by atoms with Gasteiger partial charge in [-0.3, -0.25) is 0 Å². The molecule has 1 atom stereocenters. The fourth-order valence-corrected chi connectivity index (χ4v) is 1.06. The quantitative estimate of drug-likeness (QED) is 0.827. The Morgan fingerprint density at radius 2 is 1.73 bits per heavy atom. The third-order valence-electron chi connectivity index (χ3n) is 2.43. The highest BCUT2D eigenvalue weighted by Crippen LogP contribution is 2.20. The Morgan fingerprint density at radius 3 is 2.20 bits per heavy atom. The summed E-state index contributed by atoms with van der Waals surface area (Å²) in [5.41, 5.74) is 1.07. The third kappa shape index (κ3) is 3.92. The number of aliphatic hydroxyl groups is 1. The standard InChI is InChI=1S/C13H20O2/c1-10-5-7-11(8-6-10)15-9-12(14)13(2,3)4/h5-8,12,14H,9H2,1-4H3. The molecule has 0 saturated carbocycles. The molecule has 0 bridgehead atoms. The third-order valence-corrected chi connectivity index (χ3v) is 2.43. The SMILES string of the molecule is Cc1ccc(OCC(O)C(C)(C)C)cc1. The van der Waals surface area contributed by atoms with Crippen LogP contribution in [0.25, 0.3) is 0 Å². The van der Waals surface area contributed by atoms with Gasteiger partial charge in [-0.05, 0) is 24.5 Å². The summed E-state index contributed by atoms with van der Waals surface area (Å²) in [5, 5.41) is 9.78. The average Bonchev–Trinajstić information content (AvgIpc) is 2.15. The molecule has 0 aliphatic rings. The second-order valence-electron chi connectivity index (χ2n) is 5.01. The van der Waals surface area contributed by atoms with Crippen LogP contribution in [0.1, 0.15) is 26.3 Å². The molecule has 0 fully saturated rings. The molecule has 15 heavy (non-hydrogen) atoms. The topological polar surface area (TPSA) is 29.5 Å². The first-order chi connectivity index (χ1) is 6.89. The van der Waals surface area contributed by atoms with E-state index in [4.69, 9.17) is 4.74 Å². The lowest BCUT2D eigenvalue weighted by Crippen LogP contribution is -2.31. The first-order valence-corrected chi connectivity index (χ1v) is 5.27. The maximum atomic E-state index is 9.78. The Hall–Kier alpha value is -1.02. The molecule has 0 heterocycles. The summed E-state index contributed by atoms with van der Waals surface area (Å²) in [6.07, 6.45) is -0.446. The molecule has 1 aromatic carbocycles. The minimum Gasteiger partial charge on any atom is -0.491 e. The molecule has 1 unspecified atom stereocenters. The molecule has 0 saturated heterocycles. The van der Waals surface area contributed by atoms with Gasteiger partial charge >= 0.3 is 0 Å². The van der Waals surface area contributed by atoms with Crippen LogP contribution in [0.3, 0.4) is 0 Å². The number of rotatable bonds is 3. The zero-order chi connectivity index (χ0) is 11.5. The van der Waals surface area contributed by atoms with Gasteiger partial charge in [0.1, 0.15) is 12.4 Å². The van der Waals surface area contributed by atoms with Gasteiger partial charge in [-0.1, -0.05) is 38.5 Å². The molecule has 0 aliphatic heterocycles. The van der Waals surface area contributed by atoms with E-state index in [0.717, 1.165) is 5.75 Å². The molecule has 1 aromatic rings. The van der Waals surface area contributed by atoms with Crippen molar-refractivity contribution in [3.8, 4) is 5.75 Å². The van der Waals surface area contributed by atoms with Crippen LogP contribution in [-0.2, 0) is 0 Å². The summed E-state index contributed by atoms with van der Waals surface area (Å²) >= 11 is 0. The van der Waals surface area contributed by atoms with E-state index in [0.29, 0.717) is 6.61 Å². The van der Waals surface area contributed by atoms with Crippen LogP contribution in [-0.4, -0.2) is 17.8 Å². The number of aryl methyl sites for hydroxylation is 1. The van der Waals surface area contributed by atoms with Crippen LogP contribution in [0.4, 0.5) is 0 Å². The molecule has 2 nitrogen and oxygen atoms in total. The van der Waals surface area contributed by atoms with Crippen LogP contribution in [0.5, 0.6) is 5.75 Å². The molecule has 1 N–H and O–H groups in total. The normalized spacial score (nSPS) is 13.7. The number of hydrogen-bond donors (Lipinski definition) is 1. The zero-order valence-corrected chi connectivity index (χ0v) is 9.95. The Bertz CT molecular complexity index is 295. The van der Waals surface area contributed by atoms with Crippen LogP contribution < -0.4 is 4.74 Å². The van der Waals surface area contributed by atoms with Crippen LogP contribution in [0.15, 0.2) is 24.3 Å². The van der Waals surface area contributed by atoms with E-state index in [2.05, 4.69) is 0 Å². The first kappa shape index (κ1) is 12.1. The number of aliphatic hydroxyl groups excluding tert-OH is 1. The maximum absolute atomic E-state index is 9.78. The summed E-state index contributed by atoms with van der Waals surface area (Å²) in [4.78, 5) is 0. The smallest absolute Gasteiger partial charge is 0.119 e. The highest BCUT2D eigenvalue weighted by atomic mass is 16.5. The van der Waals surface area contributed by atoms with Crippen LogP contribution >= 0.6 is 0 Å². The van der Waals surface area contributed by atoms with Gasteiger partial charge in [0.25, 0.3) is 0 Å². The van der Waals surface area contributed by atoms with Gasteiger partial charge in [0, 0.05) is 0 Å². The second-order valence-corrected chi connectivity index (χ2v) is 5.01. The summed E-state index contributed by atoms with van der Waals surface area (Å²) in [6, 6.07) is 7.84. The molecule has 0 aliphatic carbocycles. The van der Waals surface area contributed by atoms with Crippen LogP contribution in [0, 0.1) is 12.3 Å². The lowest BCUT2D eigenvalue weighted by atomic mass is 9.90. The molecule has 84 valence electrons. The van der Waals surface area contributed by atoms with Crippen molar-refractivity contribution in [2.45, 2.75) is 33.8 Å². The predicted molar refractivity (Wildman–Crippen MR) is 62.1 cm³/mol. The van der Waals surface area contributed by atoms with Gasteiger partial charge in [0.05, 0.1) is 6.10 Å². The molecular weight excluding hydrogens is 188 g/mol. The van der Waals surface area contributed by atoms with Crippen molar-refractivity contribution < 1.29 is 9.84 Å². The van der Waals surface area contributed by atoms with E-state index in [-0.39, 0.29) is 5.41 Å². The van der Waals surface area contributed by atoms with Crippen molar-refractivity contribution in [3.63, 3.8) is 0 Å². The molecule has 1 rings (SSSR count). The van der Waals surface area contributed by atoms with Gasteiger partial charge in [-0.25, -0.2) is 0 Å². The number of benzene rings is 1. The Labute approximate surface area is 91.9 Å². The summed E-state index contributed by atoms with van der Waals surface area (Å²) in [6.45, 7) is 8.36. The van der Waals surface area contributed by atoms with Gasteiger partial charge in [0.15, 0.2) is 0 Å². The second kappa shape index (κ2) is 4.67. The Morgan fingerprint density at radius 1 is 1.20 bits per heavy atom. The number of hydrogen-bond acceptors (Lipinski definition) is 2. The highest BCUT2D eigenvalue weighted by molar-refractivity contribution is 5.26. The lowest BCUT2D eigenvalue weighted by Gasteiger charge is -2.25. The first-order valence-electron chi connectivity index (χ1n) is 5.27. The minimum atomic E-state index is -0.446. The summed E-state index contributed by atoms with van der Waals surface area (Å²) < 4.78 is 5.50. The van der Waals surface area contributed by atoms with Crippen molar-refractivity contribution in [2.75, 3.05) is 6.61 Å². The van der Waals surface area contributed by atoms with E-state index in [1.807, 2.05) is 52.0 Å². The maximum Gasteiger partial charge on any atom is 0.119 e. The van der Waals surface area contributed by atoms with Crippen molar-refractivity contribution >= 4 is 0 Å². The van der Waals surface area contributed by atoms with Gasteiger partial charge in [-0.15, -0.1) is 0 Å². The monoisotopic (exact) mass is 208 g/mol. The van der Waals surface area contributed by atoms with Crippen molar-refractivity contribution in [2.24, 2.45) is 5.41 Å². The Kier molecular flexibility index (Phi) is 3.75. The van der Waals surface area contributed by atoms with Gasteiger partial charge < -0.3 is 9.84 Å². The van der Waals surface area contributed by atoms with E-state index >= 15 is 0 Å². The molecule has 0 spiro atoms. The van der Waals surface area contributed by atoms with Gasteiger partial charge in [-0.2, -0.15) is 0 Å². The average molecular weight is 208 g/mol. The van der Waals surface area contributed by atoms with Crippen molar-refractivity contribution in [1.29, 1.82) is 0 Å². The zero-order valence-electron chi connectivity index (χ0n) is 9.95. The largest absolute Gasteiger partial charge is 0.491 e. The van der Waals surface area contributed by atoms with Crippen LogP contribution in [0.2, 0.25) is 0 Å². The molecule has 0 radical (unpaired) electrons. The van der Waals surface area contributed by atoms with E-state index in [9.17, 15) is 5.11 Å². The van der Waals surface area contributed by atoms with E-state index in [1.165, 1.54) is 5.56 Å². The van der Waals surface area contributed by atoms with Gasteiger partial charge in [0.2, 0.25) is 0 Å². The molecular formula is C13H20O2. The fourth-order valence-electron chi connectivity index (χ4n) is 1.06. The van der Waals surface area contributed by atoms with E-state index in [1.54, 1.807) is 0 Å². The predicted octanol–water partition coefficient (Wildman–Crippen LogP) is 2.78. The van der Waals surface area contributed by atoms with E-state index < -0.39 is 6.10 Å². The number of ether oxygens (including phenoxy) is 1. The molecule has 2 heteroatoms. The fraction of sp³-hybridized carbons (Fsp3) is 0.538. The summed E-state index contributed by atoms with van der Waals surface area (Å²) in [5.74, 6) is 0.809. The van der Waals surface area contributed by atoms with Crippen molar-refractivity contribution in [3.05, 3.63) is 29.8 Å². The minimum absolute atomic E-state index is 0.134. The Balaban J connectivity index is 2.47.